The smallest absolute Gasteiger partial charge is 0.135 e. The lowest BCUT2D eigenvalue weighted by molar-refractivity contribution is -0.159. The molecule has 0 aliphatic carbocycles. The monoisotopic (exact) mass is 129 g/mol. The summed E-state index contributed by atoms with van der Waals surface area (Å²) < 4.78 is 5.38. The zero-order chi connectivity index (χ0) is 6.32. The van der Waals surface area contributed by atoms with E-state index in [0.717, 1.165) is 26.0 Å². The lowest BCUT2D eigenvalue weighted by Gasteiger charge is -2.43. The van der Waals surface area contributed by atoms with Gasteiger partial charge in [0.15, 0.2) is 0 Å². The molecule has 0 amide bonds. The van der Waals surface area contributed by atoms with Gasteiger partial charge >= 0.3 is 0 Å². The van der Waals surface area contributed by atoms with Crippen molar-refractivity contribution in [3.63, 3.8) is 0 Å². The predicted molar refractivity (Wildman–Crippen MR) is 31.9 cm³/mol. The Hall–Kier alpha value is -0.120. The molecule has 9 heavy (non-hydrogen) atoms. The summed E-state index contributed by atoms with van der Waals surface area (Å²) in [7, 11) is 0. The average molecular weight is 129 g/mol. The Morgan fingerprint density at radius 2 is 2.56 bits per heavy atom. The van der Waals surface area contributed by atoms with Crippen molar-refractivity contribution in [1.82, 2.24) is 5.32 Å². The van der Waals surface area contributed by atoms with Crippen LogP contribution in [0.5, 0.6) is 0 Å². The Bertz CT molecular complexity index is 120. The van der Waals surface area contributed by atoms with Crippen molar-refractivity contribution >= 4 is 0 Å². The van der Waals surface area contributed by atoms with Crippen molar-refractivity contribution in [3.8, 4) is 0 Å². The van der Waals surface area contributed by atoms with Crippen LogP contribution in [0.15, 0.2) is 0 Å². The van der Waals surface area contributed by atoms with Gasteiger partial charge in [0.1, 0.15) is 11.8 Å². The summed E-state index contributed by atoms with van der Waals surface area (Å²) in [5.74, 6) is 0. The molecule has 1 spiro atoms. The second-order valence-electron chi connectivity index (χ2n) is 2.80. The highest BCUT2D eigenvalue weighted by atomic mass is 16.5. The molecule has 0 bridgehead atoms. The molecule has 3 nitrogen and oxygen atoms in total. The van der Waals surface area contributed by atoms with Gasteiger partial charge in [-0.05, 0) is 12.8 Å². The van der Waals surface area contributed by atoms with E-state index in [1.54, 1.807) is 0 Å². The van der Waals surface area contributed by atoms with E-state index in [0.29, 0.717) is 0 Å². The maximum absolute atomic E-state index is 9.16. The van der Waals surface area contributed by atoms with Crippen molar-refractivity contribution in [3.05, 3.63) is 0 Å². The molecular formula is C6H11NO2. The predicted octanol–water partition coefficient (Wildman–Crippen LogP) is -0.543. The molecule has 0 aromatic carbocycles. The molecule has 2 aliphatic heterocycles. The Morgan fingerprint density at radius 1 is 1.67 bits per heavy atom. The van der Waals surface area contributed by atoms with Gasteiger partial charge in [0.25, 0.3) is 0 Å². The van der Waals surface area contributed by atoms with Gasteiger partial charge in [0.2, 0.25) is 0 Å². The topological polar surface area (TPSA) is 41.5 Å². The van der Waals surface area contributed by atoms with E-state index in [1.165, 1.54) is 0 Å². The molecule has 0 radical (unpaired) electrons. The van der Waals surface area contributed by atoms with Crippen molar-refractivity contribution in [2.24, 2.45) is 0 Å². The summed E-state index contributed by atoms with van der Waals surface area (Å²) >= 11 is 0. The highest BCUT2D eigenvalue weighted by molar-refractivity contribution is 5.00. The van der Waals surface area contributed by atoms with Gasteiger partial charge in [-0.3, -0.25) is 5.32 Å². The van der Waals surface area contributed by atoms with Gasteiger partial charge in [-0.15, -0.1) is 0 Å². The zero-order valence-electron chi connectivity index (χ0n) is 5.26. The molecule has 0 saturated carbocycles. The van der Waals surface area contributed by atoms with Gasteiger partial charge in [0.05, 0.1) is 0 Å². The zero-order valence-corrected chi connectivity index (χ0v) is 5.26. The lowest BCUT2D eigenvalue weighted by Crippen LogP contribution is -2.67. The maximum Gasteiger partial charge on any atom is 0.135 e. The summed E-state index contributed by atoms with van der Waals surface area (Å²) in [5.41, 5.74) is -0.181. The molecular weight excluding hydrogens is 118 g/mol. The number of rotatable bonds is 0. The minimum Gasteiger partial charge on any atom is -0.375 e. The van der Waals surface area contributed by atoms with Crippen molar-refractivity contribution < 1.29 is 9.84 Å². The molecule has 0 aromatic heterocycles. The van der Waals surface area contributed by atoms with Gasteiger partial charge < -0.3 is 9.84 Å². The fraction of sp³-hybridized carbons (Fsp3) is 1.00. The van der Waals surface area contributed by atoms with E-state index >= 15 is 0 Å². The second kappa shape index (κ2) is 1.68. The first-order valence-corrected chi connectivity index (χ1v) is 3.39. The first kappa shape index (κ1) is 5.65. The molecule has 2 saturated heterocycles. The molecule has 0 aromatic rings. The summed E-state index contributed by atoms with van der Waals surface area (Å²) in [5, 5.41) is 12.0. The molecule has 2 heterocycles. The van der Waals surface area contributed by atoms with E-state index in [-0.39, 0.29) is 5.60 Å². The second-order valence-corrected chi connectivity index (χ2v) is 2.80. The van der Waals surface area contributed by atoms with E-state index in [2.05, 4.69) is 5.32 Å². The van der Waals surface area contributed by atoms with Crippen LogP contribution in [0.3, 0.4) is 0 Å². The van der Waals surface area contributed by atoms with E-state index in [1.807, 2.05) is 0 Å². The molecule has 3 heteroatoms. The summed E-state index contributed by atoms with van der Waals surface area (Å²) in [6.45, 7) is 1.65. The number of hydrogen-bond acceptors (Lipinski definition) is 3. The van der Waals surface area contributed by atoms with Crippen LogP contribution in [-0.2, 0) is 4.74 Å². The number of aliphatic hydroxyl groups is 1. The fourth-order valence-corrected chi connectivity index (χ4v) is 1.50. The molecule has 2 atom stereocenters. The number of ether oxygens (including phenoxy) is 1. The number of aliphatic hydroxyl groups excluding tert-OH is 1. The summed E-state index contributed by atoms with van der Waals surface area (Å²) in [6, 6.07) is 0. The third kappa shape index (κ3) is 0.625. The highest BCUT2D eigenvalue weighted by Crippen LogP contribution is 2.32. The van der Waals surface area contributed by atoms with Crippen LogP contribution in [0.4, 0.5) is 0 Å². The number of nitrogens with one attached hydrogen (secondary N) is 1. The van der Waals surface area contributed by atoms with Crippen molar-refractivity contribution in [2.45, 2.75) is 24.7 Å². The highest BCUT2D eigenvalue weighted by Gasteiger charge is 2.49. The molecule has 2 aliphatic rings. The van der Waals surface area contributed by atoms with Gasteiger partial charge in [-0.25, -0.2) is 0 Å². The third-order valence-electron chi connectivity index (χ3n) is 2.23. The van der Waals surface area contributed by atoms with E-state index in [4.69, 9.17) is 9.84 Å². The maximum atomic E-state index is 9.16. The molecule has 2 N–H and O–H groups in total. The van der Waals surface area contributed by atoms with Crippen LogP contribution in [0.1, 0.15) is 12.8 Å². The van der Waals surface area contributed by atoms with E-state index < -0.39 is 6.23 Å². The Balaban J connectivity index is 2.06. The van der Waals surface area contributed by atoms with Gasteiger partial charge in [-0.1, -0.05) is 0 Å². The van der Waals surface area contributed by atoms with Crippen molar-refractivity contribution in [2.75, 3.05) is 13.2 Å². The molecule has 2 unspecified atom stereocenters. The largest absolute Gasteiger partial charge is 0.375 e. The Labute approximate surface area is 54.0 Å². The lowest BCUT2D eigenvalue weighted by atomic mass is 9.91. The minimum absolute atomic E-state index is 0.181. The van der Waals surface area contributed by atoms with E-state index in [9.17, 15) is 0 Å². The van der Waals surface area contributed by atoms with Crippen molar-refractivity contribution in [1.29, 1.82) is 0 Å². The summed E-state index contributed by atoms with van der Waals surface area (Å²) in [6.07, 6.45) is 1.71. The fourth-order valence-electron chi connectivity index (χ4n) is 1.50. The minimum atomic E-state index is -0.403. The standard InChI is InChI=1S/C6H11NO2/c8-5-6(4-7-5)2-1-3-9-6/h5,7-8H,1-4H2. The molecule has 2 rings (SSSR count). The Kier molecular flexibility index (Phi) is 1.06. The molecule has 2 fully saturated rings. The number of hydrogen-bond donors (Lipinski definition) is 2. The van der Waals surface area contributed by atoms with Crippen LogP contribution in [0.25, 0.3) is 0 Å². The third-order valence-corrected chi connectivity index (χ3v) is 2.23. The van der Waals surface area contributed by atoms with Crippen LogP contribution >= 0.6 is 0 Å². The van der Waals surface area contributed by atoms with Gasteiger partial charge in [0, 0.05) is 13.2 Å². The van der Waals surface area contributed by atoms with Gasteiger partial charge in [-0.2, -0.15) is 0 Å². The first-order valence-electron chi connectivity index (χ1n) is 3.39. The summed E-state index contributed by atoms with van der Waals surface area (Å²) in [4.78, 5) is 0. The SMILES string of the molecule is OC1NCC12CCCO2. The van der Waals surface area contributed by atoms with Crippen LogP contribution in [0.2, 0.25) is 0 Å². The van der Waals surface area contributed by atoms with Crippen LogP contribution < -0.4 is 5.32 Å². The van der Waals surface area contributed by atoms with Crippen LogP contribution in [0, 0.1) is 0 Å². The molecule has 52 valence electrons. The normalized spacial score (nSPS) is 49.7. The van der Waals surface area contributed by atoms with Crippen LogP contribution in [-0.4, -0.2) is 30.1 Å². The average Bonchev–Trinajstić information content (AvgIpc) is 2.34. The first-order chi connectivity index (χ1) is 4.33. The quantitative estimate of drug-likeness (QED) is 0.461. The Morgan fingerprint density at radius 3 is 2.78 bits per heavy atom.